The second-order valence-corrected chi connectivity index (χ2v) is 13.4. The molecule has 4 aliphatic rings. The third kappa shape index (κ3) is 5.52. The van der Waals surface area contributed by atoms with E-state index in [0.717, 1.165) is 19.3 Å². The van der Waals surface area contributed by atoms with E-state index in [0.29, 0.717) is 19.3 Å². The molecule has 0 bridgehead atoms. The normalized spacial score (nSPS) is 44.3. The van der Waals surface area contributed by atoms with E-state index >= 15 is 0 Å². The minimum absolute atomic E-state index is 0.0523. The van der Waals surface area contributed by atoms with Crippen molar-refractivity contribution in [3.05, 3.63) is 0 Å². The van der Waals surface area contributed by atoms with E-state index in [1.165, 1.54) is 4.31 Å². The van der Waals surface area contributed by atoms with Crippen LogP contribution in [0.2, 0.25) is 0 Å². The van der Waals surface area contributed by atoms with Crippen LogP contribution in [0.15, 0.2) is 0 Å². The number of morpholine rings is 1. The Kier molecular flexibility index (Phi) is 8.67. The van der Waals surface area contributed by atoms with Crippen LogP contribution in [0.1, 0.15) is 57.8 Å². The molecule has 3 aliphatic carbocycles. The minimum atomic E-state index is -3.96. The van der Waals surface area contributed by atoms with Crippen molar-refractivity contribution in [1.29, 1.82) is 0 Å². The van der Waals surface area contributed by atoms with E-state index < -0.39 is 51.8 Å². The molecule has 9 atom stereocenters. The number of nitrogens with zero attached hydrogens (tertiary/aromatic N) is 1. The lowest BCUT2D eigenvalue weighted by Crippen LogP contribution is -2.63. The average molecular weight is 547 g/mol. The lowest BCUT2D eigenvalue weighted by atomic mass is 9.84. The number of ether oxygens (including phenoxy) is 1. The molecule has 7 nitrogen and oxygen atoms in total. The van der Waals surface area contributed by atoms with Crippen LogP contribution < -0.4 is 5.32 Å². The summed E-state index contributed by atoms with van der Waals surface area (Å²) >= 11 is 12.8. The first kappa shape index (κ1) is 26.8. The molecule has 34 heavy (non-hydrogen) atoms. The zero-order valence-electron chi connectivity index (χ0n) is 19.0. The van der Waals surface area contributed by atoms with Gasteiger partial charge in [0, 0.05) is 23.3 Å². The predicted octanol–water partition coefficient (Wildman–Crippen LogP) is 2.66. The highest BCUT2D eigenvalue weighted by atomic mass is 35.5. The highest BCUT2D eigenvalue weighted by Gasteiger charge is 2.50. The van der Waals surface area contributed by atoms with Gasteiger partial charge in [0.05, 0.1) is 36.0 Å². The number of fused-ring (bicyclic) bond motifs is 1. The Morgan fingerprint density at radius 3 is 2.38 bits per heavy atom. The van der Waals surface area contributed by atoms with Gasteiger partial charge in [-0.05, 0) is 51.4 Å². The molecule has 0 aromatic rings. The summed E-state index contributed by atoms with van der Waals surface area (Å²) < 4.78 is 62.1. The number of carbonyl (C=O) groups is 1. The monoisotopic (exact) mass is 546 g/mol. The fraction of sp³-hybridized carbons (Fsp3) is 0.955. The van der Waals surface area contributed by atoms with Crippen molar-refractivity contribution in [1.82, 2.24) is 9.62 Å². The molecule has 8 unspecified atom stereocenters. The first-order valence-electron chi connectivity index (χ1n) is 12.3. The highest BCUT2D eigenvalue weighted by Crippen LogP contribution is 2.38. The van der Waals surface area contributed by atoms with Crippen LogP contribution in [0.25, 0.3) is 0 Å². The van der Waals surface area contributed by atoms with E-state index in [4.69, 9.17) is 27.9 Å². The number of hydrogen-bond acceptors (Lipinski definition) is 5. The quantitative estimate of drug-likeness (QED) is 0.517. The van der Waals surface area contributed by atoms with Crippen molar-refractivity contribution in [3.63, 3.8) is 0 Å². The average Bonchev–Trinajstić information content (AvgIpc) is 2.79. The van der Waals surface area contributed by atoms with Crippen molar-refractivity contribution in [2.24, 2.45) is 5.92 Å². The number of nitrogens with one attached hydrogen (secondary N) is 1. The van der Waals surface area contributed by atoms with Gasteiger partial charge in [-0.15, -0.1) is 23.2 Å². The standard InChI is InChI=1S/C22H34Cl2F2N2O5S/c23-15-2-1-3-16(24)21(15)22(30)27-12-4-7-20-19(8-12)28(10-13(11-29)33-20)34(31,32)14-5-6-17(25)18(26)9-14/h12-21,29H,1-11H2,(H,27,30)/t12?,13-,14?,15?,16?,17?,18?,19?,20?,21?/m0/s1. The maximum Gasteiger partial charge on any atom is 0.226 e. The van der Waals surface area contributed by atoms with Crippen LogP contribution in [0.3, 0.4) is 0 Å². The summed E-state index contributed by atoms with van der Waals surface area (Å²) in [6, 6.07) is -0.844. The molecule has 0 radical (unpaired) electrons. The van der Waals surface area contributed by atoms with Crippen molar-refractivity contribution in [3.8, 4) is 0 Å². The summed E-state index contributed by atoms with van der Waals surface area (Å²) in [4.78, 5) is 13.0. The minimum Gasteiger partial charge on any atom is -0.394 e. The summed E-state index contributed by atoms with van der Waals surface area (Å²) in [6.45, 7) is -0.391. The van der Waals surface area contributed by atoms with Gasteiger partial charge in [0.15, 0.2) is 0 Å². The molecule has 196 valence electrons. The SMILES string of the molecule is O=C(NC1CCC2O[C@H](CO)CN(S(=O)(=O)C3CCC(F)C(F)C3)C2C1)C1C(Cl)CCCC1Cl. The van der Waals surface area contributed by atoms with Crippen LogP contribution in [-0.4, -0.2) is 89.5 Å². The highest BCUT2D eigenvalue weighted by molar-refractivity contribution is 7.89. The van der Waals surface area contributed by atoms with Crippen LogP contribution in [0, 0.1) is 5.92 Å². The first-order valence-corrected chi connectivity index (χ1v) is 14.6. The van der Waals surface area contributed by atoms with Crippen LogP contribution in [0.4, 0.5) is 8.78 Å². The Bertz CT molecular complexity index is 830. The Morgan fingerprint density at radius 2 is 1.74 bits per heavy atom. The number of rotatable bonds is 5. The Labute approximate surface area is 209 Å². The second kappa shape index (κ2) is 11.0. The van der Waals surface area contributed by atoms with E-state index in [2.05, 4.69) is 5.32 Å². The number of alkyl halides is 4. The van der Waals surface area contributed by atoms with E-state index in [-0.39, 0.29) is 55.1 Å². The van der Waals surface area contributed by atoms with Crippen molar-refractivity contribution in [2.75, 3.05) is 13.2 Å². The van der Waals surface area contributed by atoms with Crippen LogP contribution >= 0.6 is 23.2 Å². The van der Waals surface area contributed by atoms with Gasteiger partial charge in [-0.1, -0.05) is 6.42 Å². The van der Waals surface area contributed by atoms with E-state index in [1.807, 2.05) is 0 Å². The fourth-order valence-corrected chi connectivity index (χ4v) is 9.14. The molecule has 0 aromatic heterocycles. The van der Waals surface area contributed by atoms with Crippen molar-refractivity contribution < 1.29 is 31.8 Å². The topological polar surface area (TPSA) is 95.9 Å². The summed E-state index contributed by atoms with van der Waals surface area (Å²) in [6.07, 6.45) is -1.29. The van der Waals surface area contributed by atoms with Gasteiger partial charge >= 0.3 is 0 Å². The molecule has 3 saturated carbocycles. The lowest BCUT2D eigenvalue weighted by molar-refractivity contribution is -0.133. The third-order valence-electron chi connectivity index (χ3n) is 7.86. The predicted molar refractivity (Wildman–Crippen MR) is 125 cm³/mol. The molecule has 0 spiro atoms. The molecule has 1 amide bonds. The van der Waals surface area contributed by atoms with Crippen molar-refractivity contribution in [2.45, 2.75) is 110 Å². The molecular weight excluding hydrogens is 513 g/mol. The molecule has 1 saturated heterocycles. The van der Waals surface area contributed by atoms with E-state index in [1.54, 1.807) is 0 Å². The summed E-state index contributed by atoms with van der Waals surface area (Å²) in [5, 5.41) is 11.0. The number of amides is 1. The third-order valence-corrected chi connectivity index (χ3v) is 11.2. The van der Waals surface area contributed by atoms with Gasteiger partial charge in [0.2, 0.25) is 15.9 Å². The zero-order valence-corrected chi connectivity index (χ0v) is 21.3. The van der Waals surface area contributed by atoms with Gasteiger partial charge in [-0.3, -0.25) is 4.79 Å². The van der Waals surface area contributed by atoms with Gasteiger partial charge in [-0.25, -0.2) is 17.2 Å². The smallest absolute Gasteiger partial charge is 0.226 e. The largest absolute Gasteiger partial charge is 0.394 e. The number of carbonyl (C=O) groups excluding carboxylic acids is 1. The molecule has 4 fully saturated rings. The van der Waals surface area contributed by atoms with Crippen molar-refractivity contribution >= 4 is 39.1 Å². The summed E-state index contributed by atoms with van der Waals surface area (Å²) in [5.74, 6) is -0.725. The number of hydrogen-bond donors (Lipinski definition) is 2. The Hall–Kier alpha value is -0.260. The molecule has 1 aliphatic heterocycles. The van der Waals surface area contributed by atoms with Crippen LogP contribution in [-0.2, 0) is 19.6 Å². The second-order valence-electron chi connectivity index (χ2n) is 10.1. The Balaban J connectivity index is 1.48. The molecule has 0 aromatic carbocycles. The maximum atomic E-state index is 14.1. The number of halogens is 4. The zero-order chi connectivity index (χ0) is 24.6. The maximum absolute atomic E-state index is 14.1. The van der Waals surface area contributed by atoms with Gasteiger partial charge in [0.25, 0.3) is 0 Å². The molecular formula is C22H34Cl2F2N2O5S. The number of aliphatic hydroxyl groups excluding tert-OH is 1. The van der Waals surface area contributed by atoms with Crippen LogP contribution in [0.5, 0.6) is 0 Å². The molecule has 2 N–H and O–H groups in total. The number of aliphatic hydroxyl groups is 1. The molecule has 12 heteroatoms. The fourth-order valence-electron chi connectivity index (χ4n) is 5.96. The Morgan fingerprint density at radius 1 is 1.03 bits per heavy atom. The van der Waals surface area contributed by atoms with Gasteiger partial charge in [-0.2, -0.15) is 4.31 Å². The summed E-state index contributed by atoms with van der Waals surface area (Å²) in [7, 11) is -3.96. The van der Waals surface area contributed by atoms with E-state index in [9.17, 15) is 27.1 Å². The molecule has 4 rings (SSSR count). The lowest BCUT2D eigenvalue weighted by Gasteiger charge is -2.49. The summed E-state index contributed by atoms with van der Waals surface area (Å²) in [5.41, 5.74) is 0. The van der Waals surface area contributed by atoms with Gasteiger partial charge in [0.1, 0.15) is 12.3 Å². The number of sulfonamides is 1. The van der Waals surface area contributed by atoms with Gasteiger partial charge < -0.3 is 15.2 Å². The molecule has 1 heterocycles. The first-order chi connectivity index (χ1) is 16.1.